The summed E-state index contributed by atoms with van der Waals surface area (Å²) in [4.78, 5) is 61.8. The summed E-state index contributed by atoms with van der Waals surface area (Å²) in [5.41, 5.74) is 7.23. The third-order valence-corrected chi connectivity index (χ3v) is 15.4. The van der Waals surface area contributed by atoms with Crippen molar-refractivity contribution in [1.82, 2.24) is 0 Å². The minimum Gasteiger partial charge on any atom is -0.402 e. The zero-order chi connectivity index (χ0) is 31.4. The molecule has 11 atom stereocenters. The fraction of sp³-hybridized carbons (Fsp3) is 0.763. The van der Waals surface area contributed by atoms with E-state index in [9.17, 15) is 24.0 Å². The minimum absolute atomic E-state index is 0.0877. The molecule has 0 spiro atoms. The van der Waals surface area contributed by atoms with Gasteiger partial charge in [0.15, 0.2) is 11.6 Å². The number of carbonyl (C=O) groups excluding carboxylic acids is 5. The summed E-state index contributed by atoms with van der Waals surface area (Å²) < 4.78 is 0. The second-order valence-electron chi connectivity index (χ2n) is 17.1. The Balaban J connectivity index is 0.000000142. The van der Waals surface area contributed by atoms with Crippen LogP contribution in [0.15, 0.2) is 23.4 Å². The summed E-state index contributed by atoms with van der Waals surface area (Å²) in [6.45, 7) is 8.83. The summed E-state index contributed by atoms with van der Waals surface area (Å²) in [5.74, 6) is 3.14. The third kappa shape index (κ3) is 4.06. The van der Waals surface area contributed by atoms with Crippen LogP contribution in [0.5, 0.6) is 0 Å². The number of hydrogen-bond donors (Lipinski definition) is 1. The monoisotopic (exact) mass is 601 g/mol. The van der Waals surface area contributed by atoms with Gasteiger partial charge in [0.25, 0.3) is 0 Å². The first-order valence-electron chi connectivity index (χ1n) is 17.6. The maximum absolute atomic E-state index is 12.8. The first-order valence-corrected chi connectivity index (χ1v) is 17.6. The van der Waals surface area contributed by atoms with Gasteiger partial charge in [-0.2, -0.15) is 0 Å². The lowest BCUT2D eigenvalue weighted by atomic mass is 9.45. The van der Waals surface area contributed by atoms with E-state index < -0.39 is 5.41 Å². The number of ketones is 5. The van der Waals surface area contributed by atoms with Crippen molar-refractivity contribution < 1.29 is 24.0 Å². The summed E-state index contributed by atoms with van der Waals surface area (Å²) >= 11 is 0. The Hall–Kier alpha value is -2.37. The topological polar surface area (TPSA) is 111 Å². The van der Waals surface area contributed by atoms with Gasteiger partial charge in [0.1, 0.15) is 5.78 Å². The summed E-state index contributed by atoms with van der Waals surface area (Å²) in [6.07, 6.45) is 17.0. The van der Waals surface area contributed by atoms with Crippen LogP contribution in [0.1, 0.15) is 118 Å². The molecule has 0 radical (unpaired) electrons. The fourth-order valence-electron chi connectivity index (χ4n) is 12.9. The molecule has 6 saturated carbocycles. The van der Waals surface area contributed by atoms with E-state index in [0.29, 0.717) is 65.7 Å². The van der Waals surface area contributed by atoms with Gasteiger partial charge in [-0.25, -0.2) is 0 Å². The third-order valence-electron chi connectivity index (χ3n) is 15.4. The van der Waals surface area contributed by atoms with E-state index in [4.69, 9.17) is 5.73 Å². The Morgan fingerprint density at radius 1 is 0.682 bits per heavy atom. The van der Waals surface area contributed by atoms with Gasteiger partial charge < -0.3 is 5.73 Å². The molecule has 0 amide bonds. The maximum atomic E-state index is 12.8. The van der Waals surface area contributed by atoms with Gasteiger partial charge in [0.2, 0.25) is 11.6 Å². The highest BCUT2D eigenvalue weighted by molar-refractivity contribution is 6.44. The van der Waals surface area contributed by atoms with Gasteiger partial charge in [-0.1, -0.05) is 34.1 Å². The Morgan fingerprint density at radius 3 is 2.18 bits per heavy atom. The summed E-state index contributed by atoms with van der Waals surface area (Å²) in [6, 6.07) is 0. The minimum atomic E-state index is -0.539. The maximum Gasteiger partial charge on any atom is 0.223 e. The van der Waals surface area contributed by atoms with Crippen LogP contribution >= 0.6 is 0 Å². The average Bonchev–Trinajstić information content (AvgIpc) is 3.52. The second-order valence-corrected chi connectivity index (χ2v) is 17.1. The van der Waals surface area contributed by atoms with Gasteiger partial charge in [0, 0.05) is 53.4 Å². The molecule has 44 heavy (non-hydrogen) atoms. The zero-order valence-electron chi connectivity index (χ0n) is 27.2. The molecule has 0 heterocycles. The molecular formula is C38H51NO5. The molecule has 2 N–H and O–H groups in total. The predicted molar refractivity (Wildman–Crippen MR) is 167 cm³/mol. The van der Waals surface area contributed by atoms with Gasteiger partial charge >= 0.3 is 0 Å². The molecule has 1 unspecified atom stereocenters. The highest BCUT2D eigenvalue weighted by Crippen LogP contribution is 2.66. The first kappa shape index (κ1) is 30.3. The lowest BCUT2D eigenvalue weighted by Crippen LogP contribution is -2.58. The van der Waals surface area contributed by atoms with Gasteiger partial charge in [-0.05, 0) is 117 Å². The summed E-state index contributed by atoms with van der Waals surface area (Å²) in [5, 5.41) is 0. The molecule has 6 nitrogen and oxygen atoms in total. The van der Waals surface area contributed by atoms with Crippen molar-refractivity contribution in [2.24, 2.45) is 68.8 Å². The number of nitrogens with two attached hydrogens (primary N) is 1. The van der Waals surface area contributed by atoms with Crippen LogP contribution in [0.4, 0.5) is 0 Å². The molecule has 8 aliphatic carbocycles. The van der Waals surface area contributed by atoms with E-state index in [1.165, 1.54) is 38.2 Å². The molecule has 0 aliphatic heterocycles. The standard InChI is InChI=1S/C19H27NO2.C19H24O3/c1-18-8-3-4-12(18)11-5-6-14-15(20)10-16(21)17(22)19(14,2)13(11)7-9-18;1-18-7-5-11(20)9-15(18)16(21)10-12-13-3-4-17(22)19(13,2)8-6-14(12)18/h10-14H,3-9,20H2,1-2H3;9,12-14H,3-8,10H2,1-2H3/t11-,12-,13-,14?,18-,19+;12-,13-,14-,18+,19-/m00/s1. The lowest BCUT2D eigenvalue weighted by molar-refractivity contribution is -0.154. The fourth-order valence-corrected chi connectivity index (χ4v) is 12.9. The Bertz CT molecular complexity index is 1410. The zero-order valence-corrected chi connectivity index (χ0v) is 27.2. The number of rotatable bonds is 0. The highest BCUT2D eigenvalue weighted by atomic mass is 16.2. The van der Waals surface area contributed by atoms with Crippen molar-refractivity contribution in [3.63, 3.8) is 0 Å². The molecule has 0 aromatic carbocycles. The van der Waals surface area contributed by atoms with Crippen molar-refractivity contribution >= 4 is 28.9 Å². The van der Waals surface area contributed by atoms with Crippen molar-refractivity contribution in [2.75, 3.05) is 0 Å². The van der Waals surface area contributed by atoms with Crippen LogP contribution in [0.25, 0.3) is 0 Å². The van der Waals surface area contributed by atoms with E-state index >= 15 is 0 Å². The Morgan fingerprint density at radius 2 is 1.41 bits per heavy atom. The molecule has 8 aliphatic rings. The lowest BCUT2D eigenvalue weighted by Gasteiger charge is -2.58. The van der Waals surface area contributed by atoms with Crippen LogP contribution in [0, 0.1) is 63.1 Å². The van der Waals surface area contributed by atoms with Crippen molar-refractivity contribution in [3.05, 3.63) is 23.4 Å². The highest BCUT2D eigenvalue weighted by Gasteiger charge is 2.63. The smallest absolute Gasteiger partial charge is 0.223 e. The second kappa shape index (κ2) is 10.1. The molecule has 6 fully saturated rings. The van der Waals surface area contributed by atoms with Crippen molar-refractivity contribution in [2.45, 2.75) is 118 Å². The predicted octanol–water partition coefficient (Wildman–Crippen LogP) is 6.50. The molecule has 6 heteroatoms. The van der Waals surface area contributed by atoms with Gasteiger partial charge in [-0.3, -0.25) is 24.0 Å². The SMILES string of the molecule is C[C@@]12CCC[C@H]1[C@@H]1CCC3C(N)=CC(=O)C(=O)[C@]3(C)[C@H]1CC2.C[C@]12CCC(=O)C=C1C(=O)C[C@@H]1[C@@H]2CC[C@]2(C)C(=O)CC[C@@H]12. The van der Waals surface area contributed by atoms with Crippen LogP contribution in [0.2, 0.25) is 0 Å². The molecule has 238 valence electrons. The molecule has 8 rings (SSSR count). The number of hydrogen-bond acceptors (Lipinski definition) is 6. The number of carbonyl (C=O) groups is 5. The normalized spacial score (nSPS) is 49.3. The van der Waals surface area contributed by atoms with Crippen LogP contribution in [-0.2, 0) is 24.0 Å². The number of allylic oxidation sites excluding steroid dienone is 3. The van der Waals surface area contributed by atoms with E-state index in [0.717, 1.165) is 50.0 Å². The van der Waals surface area contributed by atoms with Gasteiger partial charge in [-0.15, -0.1) is 0 Å². The molecule has 0 aromatic heterocycles. The largest absolute Gasteiger partial charge is 0.402 e. The molecule has 0 aromatic rings. The van der Waals surface area contributed by atoms with Crippen LogP contribution < -0.4 is 5.73 Å². The summed E-state index contributed by atoms with van der Waals surface area (Å²) in [7, 11) is 0. The van der Waals surface area contributed by atoms with Crippen LogP contribution in [-0.4, -0.2) is 28.9 Å². The van der Waals surface area contributed by atoms with E-state index in [-0.39, 0.29) is 39.9 Å². The first-order chi connectivity index (χ1) is 20.7. The Kier molecular flexibility index (Phi) is 6.93. The number of fused-ring (bicyclic) bond motifs is 10. The molecule has 0 saturated heterocycles. The number of Topliss-reactive ketones (excluding diaryl/α,β-unsaturated/α-hetero) is 3. The molecule has 0 bridgehead atoms. The van der Waals surface area contributed by atoms with E-state index in [1.807, 2.05) is 6.92 Å². The van der Waals surface area contributed by atoms with Crippen LogP contribution in [0.3, 0.4) is 0 Å². The Labute approximate surface area is 262 Å². The van der Waals surface area contributed by atoms with Gasteiger partial charge in [0.05, 0.1) is 0 Å². The average molecular weight is 602 g/mol. The van der Waals surface area contributed by atoms with Crippen molar-refractivity contribution in [3.8, 4) is 0 Å². The quantitative estimate of drug-likeness (QED) is 0.318. The molecular weight excluding hydrogens is 550 g/mol. The van der Waals surface area contributed by atoms with Crippen molar-refractivity contribution in [1.29, 1.82) is 0 Å². The van der Waals surface area contributed by atoms with E-state index in [2.05, 4.69) is 20.8 Å². The van der Waals surface area contributed by atoms with E-state index in [1.54, 1.807) is 6.08 Å².